The zero-order chi connectivity index (χ0) is 50.5. The standard InChI is InChI=1S/C61H57N4O.Pt/c1-40-30-58(62-38-53(40)42-20-15-12-16-21-42)65-54-29-25-44(59(2,3)4)35-52(54)51-27-26-50(37-56(51)65)66-49-23-17-22-47(36-49)63-39-64(48-33-45(60(5,6)7)32-46(34-48)61(8,9)10)57-31-43(24-28-55(57)63)41-18-13-11-14-19-41;/h11-35,38-39H,1-10H3;/q-3;/i12D,15D,16D,20D,21D;. The Bertz CT molecular complexity index is 3530. The van der Waals surface area contributed by atoms with Crippen LogP contribution in [-0.4, -0.2) is 9.55 Å². The smallest absolute Gasteiger partial charge is 0.135 e. The second-order valence-electron chi connectivity index (χ2n) is 20.5. The van der Waals surface area contributed by atoms with Crippen molar-refractivity contribution >= 4 is 44.6 Å². The van der Waals surface area contributed by atoms with E-state index in [-0.39, 0.29) is 67.0 Å². The first-order valence-corrected chi connectivity index (χ1v) is 22.6. The molecule has 2 aromatic heterocycles. The van der Waals surface area contributed by atoms with Gasteiger partial charge in [0.25, 0.3) is 0 Å². The van der Waals surface area contributed by atoms with E-state index in [2.05, 4.69) is 180 Å². The second kappa shape index (κ2) is 17.3. The zero-order valence-electron chi connectivity index (χ0n) is 44.7. The van der Waals surface area contributed by atoms with Gasteiger partial charge in [-0.3, -0.25) is 0 Å². The van der Waals surface area contributed by atoms with Gasteiger partial charge >= 0.3 is 0 Å². The molecule has 0 unspecified atom stereocenters. The number of benzene rings is 7. The van der Waals surface area contributed by atoms with E-state index >= 15 is 0 Å². The predicted molar refractivity (Wildman–Crippen MR) is 276 cm³/mol. The number of fused-ring (bicyclic) bond motifs is 4. The van der Waals surface area contributed by atoms with Gasteiger partial charge in [0.2, 0.25) is 0 Å². The van der Waals surface area contributed by atoms with Crippen LogP contribution in [-0.2, 0) is 37.3 Å². The van der Waals surface area contributed by atoms with Crippen molar-refractivity contribution in [2.24, 2.45) is 0 Å². The number of pyridine rings is 1. The predicted octanol–water partition coefficient (Wildman–Crippen LogP) is 16.5. The fraction of sp³-hybridized carbons (Fsp3) is 0.213. The average molecular weight is 1060 g/mol. The average Bonchev–Trinajstić information content (AvgIpc) is 3.88. The topological polar surface area (TPSA) is 33.5 Å². The molecule has 0 saturated heterocycles. The van der Waals surface area contributed by atoms with Crippen LogP contribution in [0.5, 0.6) is 11.5 Å². The van der Waals surface area contributed by atoms with Gasteiger partial charge in [0, 0.05) is 66.9 Å². The van der Waals surface area contributed by atoms with E-state index in [1.165, 1.54) is 16.7 Å². The van der Waals surface area contributed by atoms with Gasteiger partial charge in [-0.25, -0.2) is 4.98 Å². The SMILES string of the molecule is [2H]c1c([2H])c([2H])c(-c2cnc(-n3c4[c-]c(Oc5[c-]c(N6[CH-]N(c7cc(C(C)(C)C)cc(C(C)(C)C)c7)c7cc(-c8ccccc8)ccc76)ccc5)ccc4c4cc(C(C)(C)C)ccc43)cc2C)c([2H])c1[2H].[Pt]. The number of rotatable bonds is 7. The normalized spacial score (nSPS) is 14.0. The van der Waals surface area contributed by atoms with Gasteiger partial charge in [-0.15, -0.1) is 48.1 Å². The van der Waals surface area contributed by atoms with E-state index in [1.54, 1.807) is 6.20 Å². The molecule has 0 aliphatic carbocycles. The van der Waals surface area contributed by atoms with Crippen molar-refractivity contribution in [2.45, 2.75) is 85.5 Å². The number of hydrogen-bond acceptors (Lipinski definition) is 4. The summed E-state index contributed by atoms with van der Waals surface area (Å²) in [7, 11) is 0. The van der Waals surface area contributed by atoms with Gasteiger partial charge in [-0.05, 0) is 104 Å². The van der Waals surface area contributed by atoms with Crippen molar-refractivity contribution < 1.29 is 32.7 Å². The van der Waals surface area contributed by atoms with Crippen molar-refractivity contribution in [1.29, 1.82) is 0 Å². The molecule has 1 aliphatic heterocycles. The van der Waals surface area contributed by atoms with Crippen molar-refractivity contribution in [3.05, 3.63) is 199 Å². The molecule has 3 heterocycles. The van der Waals surface area contributed by atoms with Crippen LogP contribution < -0.4 is 14.5 Å². The molecule has 10 rings (SSSR count). The van der Waals surface area contributed by atoms with Gasteiger partial charge in [0.15, 0.2) is 0 Å². The Balaban J connectivity index is 0.00000640. The number of nitrogens with zero attached hydrogens (tertiary/aromatic N) is 4. The quantitative estimate of drug-likeness (QED) is 0.149. The molecule has 0 atom stereocenters. The first kappa shape index (κ1) is 39.7. The summed E-state index contributed by atoms with van der Waals surface area (Å²) in [5, 5.41) is 2.00. The second-order valence-corrected chi connectivity index (χ2v) is 20.5. The molecule has 0 bridgehead atoms. The number of ether oxygens (including phenoxy) is 1. The Morgan fingerprint density at radius 1 is 0.582 bits per heavy atom. The van der Waals surface area contributed by atoms with Gasteiger partial charge in [-0.2, -0.15) is 12.1 Å². The van der Waals surface area contributed by atoms with Gasteiger partial charge < -0.3 is 19.1 Å². The van der Waals surface area contributed by atoms with Crippen LogP contribution in [0.4, 0.5) is 22.7 Å². The van der Waals surface area contributed by atoms with E-state index in [1.807, 2.05) is 43.3 Å². The third-order valence-corrected chi connectivity index (χ3v) is 12.6. The van der Waals surface area contributed by atoms with E-state index in [4.69, 9.17) is 16.6 Å². The zero-order valence-corrected chi connectivity index (χ0v) is 42.0. The summed E-state index contributed by atoms with van der Waals surface area (Å²) >= 11 is 0. The fourth-order valence-electron chi connectivity index (χ4n) is 8.74. The van der Waals surface area contributed by atoms with E-state index in [0.29, 0.717) is 28.4 Å². The third-order valence-electron chi connectivity index (χ3n) is 12.6. The Hall–Kier alpha value is -6.42. The summed E-state index contributed by atoms with van der Waals surface area (Å²) in [4.78, 5) is 9.39. The van der Waals surface area contributed by atoms with Crippen LogP contribution in [0.2, 0.25) is 0 Å². The van der Waals surface area contributed by atoms with E-state index < -0.39 is 6.04 Å². The van der Waals surface area contributed by atoms with E-state index in [0.717, 1.165) is 55.7 Å². The van der Waals surface area contributed by atoms with Crippen molar-refractivity contribution in [3.63, 3.8) is 0 Å². The Morgan fingerprint density at radius 2 is 1.28 bits per heavy atom. The molecule has 6 heteroatoms. The minimum atomic E-state index is -0.430. The van der Waals surface area contributed by atoms with Gasteiger partial charge in [0.05, 0.1) is 6.85 Å². The number of hydrogen-bond donors (Lipinski definition) is 0. The maximum Gasteiger partial charge on any atom is 0.135 e. The van der Waals surface area contributed by atoms with Crippen LogP contribution in [0.15, 0.2) is 158 Å². The van der Waals surface area contributed by atoms with Crippen LogP contribution in [0.3, 0.4) is 0 Å². The summed E-state index contributed by atoms with van der Waals surface area (Å²) in [6, 6.07) is 47.9. The number of aromatic nitrogens is 2. The molecule has 7 aromatic carbocycles. The van der Waals surface area contributed by atoms with Crippen molar-refractivity contribution in [3.8, 4) is 39.6 Å². The first-order chi connectivity index (χ1) is 33.6. The van der Waals surface area contributed by atoms with Crippen molar-refractivity contribution in [1.82, 2.24) is 9.55 Å². The summed E-state index contributed by atoms with van der Waals surface area (Å²) in [6.45, 7) is 24.2. The maximum absolute atomic E-state index is 8.66. The molecular weight excluding hydrogens is 1000 g/mol. The minimum Gasteiger partial charge on any atom is -0.509 e. The molecule has 0 radical (unpaired) electrons. The summed E-state index contributed by atoms with van der Waals surface area (Å²) in [5.74, 6) is 1.61. The monoisotopic (exact) mass is 1060 g/mol. The Labute approximate surface area is 418 Å². The number of anilines is 4. The molecule has 0 N–H and O–H groups in total. The summed E-state index contributed by atoms with van der Waals surface area (Å²) < 4.78 is 50.8. The molecule has 340 valence electrons. The molecule has 0 spiro atoms. The van der Waals surface area contributed by atoms with Crippen LogP contribution in [0.1, 0.15) is 91.4 Å². The van der Waals surface area contributed by atoms with Gasteiger partial charge in [0.1, 0.15) is 5.82 Å². The molecule has 0 saturated carbocycles. The van der Waals surface area contributed by atoms with Gasteiger partial charge in [-0.1, -0.05) is 153 Å². The third kappa shape index (κ3) is 8.83. The van der Waals surface area contributed by atoms with E-state index in [9.17, 15) is 0 Å². The molecule has 0 amide bonds. The molecule has 0 fully saturated rings. The molecule has 67 heavy (non-hydrogen) atoms. The van der Waals surface area contributed by atoms with Crippen LogP contribution in [0, 0.1) is 25.7 Å². The molecule has 5 nitrogen and oxygen atoms in total. The van der Waals surface area contributed by atoms with Crippen molar-refractivity contribution in [2.75, 3.05) is 9.80 Å². The largest absolute Gasteiger partial charge is 0.509 e. The number of aryl methyl sites for hydroxylation is 1. The molecular formula is C61H57N4OPt-3. The Kier molecular flexibility index (Phi) is 10.3. The molecule has 9 aromatic rings. The molecule has 1 aliphatic rings. The first-order valence-electron chi connectivity index (χ1n) is 25.1. The summed E-state index contributed by atoms with van der Waals surface area (Å²) in [5.41, 5.74) is 12.7. The Morgan fingerprint density at radius 3 is 1.97 bits per heavy atom. The van der Waals surface area contributed by atoms with Crippen LogP contribution >= 0.6 is 0 Å². The van der Waals surface area contributed by atoms with Crippen LogP contribution in [0.25, 0.3) is 49.9 Å². The minimum absolute atomic E-state index is 0. The fourth-order valence-corrected chi connectivity index (χ4v) is 8.74. The maximum atomic E-state index is 8.66. The summed E-state index contributed by atoms with van der Waals surface area (Å²) in [6.07, 6.45) is 1.60.